The average molecular weight is 210 g/mol. The van der Waals surface area contributed by atoms with Gasteiger partial charge in [0.1, 0.15) is 11.3 Å². The number of hydrogen-bond acceptors (Lipinski definition) is 3. The smallest absolute Gasteiger partial charge is 0.183 e. The summed E-state index contributed by atoms with van der Waals surface area (Å²) in [5, 5.41) is 3.95. The molecular formula is C10H11FN2S. The average Bonchev–Trinajstić information content (AvgIpc) is 2.59. The second-order valence-electron chi connectivity index (χ2n) is 3.03. The molecule has 0 aliphatic heterocycles. The van der Waals surface area contributed by atoms with Crippen LogP contribution in [0.2, 0.25) is 0 Å². The lowest BCUT2D eigenvalue weighted by atomic mass is 10.3. The van der Waals surface area contributed by atoms with Crippen LogP contribution >= 0.6 is 11.3 Å². The SMILES string of the molecule is CCCNc1nc2c(F)cccc2s1. The molecule has 0 atom stereocenters. The number of benzene rings is 1. The number of nitrogens with one attached hydrogen (secondary N) is 1. The van der Waals surface area contributed by atoms with Crippen LogP contribution in [0.4, 0.5) is 9.52 Å². The molecule has 1 N–H and O–H groups in total. The van der Waals surface area contributed by atoms with Crippen LogP contribution < -0.4 is 5.32 Å². The van der Waals surface area contributed by atoms with Gasteiger partial charge in [0.25, 0.3) is 0 Å². The van der Waals surface area contributed by atoms with Gasteiger partial charge in [0, 0.05) is 6.54 Å². The molecule has 1 aromatic heterocycles. The molecule has 0 spiro atoms. The van der Waals surface area contributed by atoms with Gasteiger partial charge in [-0.05, 0) is 18.6 Å². The van der Waals surface area contributed by atoms with Crippen LogP contribution in [0.1, 0.15) is 13.3 Å². The Bertz CT molecular complexity index is 439. The molecule has 14 heavy (non-hydrogen) atoms. The first-order valence-corrected chi connectivity index (χ1v) is 5.42. The number of fused-ring (bicyclic) bond motifs is 1. The standard InChI is InChI=1S/C10H11FN2S/c1-2-6-12-10-13-9-7(11)4-3-5-8(9)14-10/h3-5H,2,6H2,1H3,(H,12,13). The topological polar surface area (TPSA) is 24.9 Å². The number of halogens is 1. The molecule has 4 heteroatoms. The van der Waals surface area contributed by atoms with Crippen LogP contribution in [-0.2, 0) is 0 Å². The molecular weight excluding hydrogens is 199 g/mol. The highest BCUT2D eigenvalue weighted by Gasteiger charge is 2.06. The van der Waals surface area contributed by atoms with Gasteiger partial charge in [0.2, 0.25) is 0 Å². The van der Waals surface area contributed by atoms with E-state index >= 15 is 0 Å². The highest BCUT2D eigenvalue weighted by molar-refractivity contribution is 7.22. The predicted molar refractivity (Wildman–Crippen MR) is 58.4 cm³/mol. The molecule has 0 saturated carbocycles. The minimum absolute atomic E-state index is 0.247. The fraction of sp³-hybridized carbons (Fsp3) is 0.300. The first-order chi connectivity index (χ1) is 6.81. The van der Waals surface area contributed by atoms with Crippen molar-refractivity contribution >= 4 is 26.7 Å². The number of thiazole rings is 1. The van der Waals surface area contributed by atoms with Gasteiger partial charge < -0.3 is 5.32 Å². The largest absolute Gasteiger partial charge is 0.361 e. The summed E-state index contributed by atoms with van der Waals surface area (Å²) in [5.74, 6) is -0.247. The van der Waals surface area contributed by atoms with Crippen molar-refractivity contribution in [2.24, 2.45) is 0 Å². The van der Waals surface area contributed by atoms with Crippen molar-refractivity contribution in [2.45, 2.75) is 13.3 Å². The van der Waals surface area contributed by atoms with Crippen LogP contribution in [0, 0.1) is 5.82 Å². The second-order valence-corrected chi connectivity index (χ2v) is 4.06. The van der Waals surface area contributed by atoms with Gasteiger partial charge in [-0.1, -0.05) is 24.3 Å². The van der Waals surface area contributed by atoms with E-state index in [1.54, 1.807) is 6.07 Å². The summed E-state index contributed by atoms with van der Waals surface area (Å²) in [5.41, 5.74) is 0.469. The zero-order chi connectivity index (χ0) is 9.97. The molecule has 0 amide bonds. The Kier molecular flexibility index (Phi) is 2.63. The molecule has 1 heterocycles. The highest BCUT2D eigenvalue weighted by atomic mass is 32.1. The van der Waals surface area contributed by atoms with E-state index in [4.69, 9.17) is 0 Å². The summed E-state index contributed by atoms with van der Waals surface area (Å²) >= 11 is 1.49. The van der Waals surface area contributed by atoms with Gasteiger partial charge in [-0.2, -0.15) is 0 Å². The molecule has 0 bridgehead atoms. The number of aromatic nitrogens is 1. The third kappa shape index (κ3) is 1.70. The van der Waals surface area contributed by atoms with E-state index in [1.807, 2.05) is 6.07 Å². The fourth-order valence-corrected chi connectivity index (χ4v) is 2.13. The third-order valence-corrected chi connectivity index (χ3v) is 2.87. The molecule has 0 radical (unpaired) electrons. The second kappa shape index (κ2) is 3.92. The van der Waals surface area contributed by atoms with Crippen molar-refractivity contribution in [1.29, 1.82) is 0 Å². The first kappa shape index (κ1) is 9.40. The molecule has 2 nitrogen and oxygen atoms in total. The van der Waals surface area contributed by atoms with E-state index in [0.717, 1.165) is 22.8 Å². The van der Waals surface area contributed by atoms with Crippen molar-refractivity contribution in [3.8, 4) is 0 Å². The summed E-state index contributed by atoms with van der Waals surface area (Å²) in [6, 6.07) is 5.03. The lowest BCUT2D eigenvalue weighted by Crippen LogP contribution is -1.98. The van der Waals surface area contributed by atoms with E-state index in [9.17, 15) is 4.39 Å². The Balaban J connectivity index is 2.36. The fourth-order valence-electron chi connectivity index (χ4n) is 1.22. The van der Waals surface area contributed by atoms with Crippen LogP contribution in [-0.4, -0.2) is 11.5 Å². The predicted octanol–water partition coefficient (Wildman–Crippen LogP) is 3.26. The van der Waals surface area contributed by atoms with Crippen LogP contribution in [0.5, 0.6) is 0 Å². The molecule has 2 rings (SSSR count). The zero-order valence-corrected chi connectivity index (χ0v) is 8.70. The van der Waals surface area contributed by atoms with Crippen LogP contribution in [0.25, 0.3) is 10.2 Å². The van der Waals surface area contributed by atoms with Crippen molar-refractivity contribution in [2.75, 3.05) is 11.9 Å². The van der Waals surface area contributed by atoms with E-state index in [2.05, 4.69) is 17.2 Å². The van der Waals surface area contributed by atoms with Crippen LogP contribution in [0.3, 0.4) is 0 Å². The van der Waals surface area contributed by atoms with Crippen molar-refractivity contribution in [1.82, 2.24) is 4.98 Å². The quantitative estimate of drug-likeness (QED) is 0.841. The first-order valence-electron chi connectivity index (χ1n) is 4.60. The normalized spacial score (nSPS) is 10.7. The summed E-state index contributed by atoms with van der Waals surface area (Å²) < 4.78 is 14.1. The summed E-state index contributed by atoms with van der Waals surface area (Å²) in [6.45, 7) is 2.96. The lowest BCUT2D eigenvalue weighted by Gasteiger charge is -1.95. The maximum atomic E-state index is 13.2. The van der Waals surface area contributed by atoms with Crippen molar-refractivity contribution < 1.29 is 4.39 Å². The molecule has 0 saturated heterocycles. The molecule has 74 valence electrons. The molecule has 0 unspecified atom stereocenters. The summed E-state index contributed by atoms with van der Waals surface area (Å²) in [7, 11) is 0. The Morgan fingerprint density at radius 2 is 2.36 bits per heavy atom. The van der Waals surface area contributed by atoms with E-state index in [0.29, 0.717) is 5.52 Å². The van der Waals surface area contributed by atoms with Crippen molar-refractivity contribution in [3.05, 3.63) is 24.0 Å². The molecule has 0 aliphatic rings. The van der Waals surface area contributed by atoms with Gasteiger partial charge in [0.05, 0.1) is 4.70 Å². The number of anilines is 1. The maximum Gasteiger partial charge on any atom is 0.183 e. The minimum Gasteiger partial charge on any atom is -0.361 e. The van der Waals surface area contributed by atoms with E-state index in [1.165, 1.54) is 17.4 Å². The number of para-hydroxylation sites is 1. The van der Waals surface area contributed by atoms with Crippen molar-refractivity contribution in [3.63, 3.8) is 0 Å². The minimum atomic E-state index is -0.247. The van der Waals surface area contributed by atoms with E-state index in [-0.39, 0.29) is 5.82 Å². The molecule has 1 aromatic carbocycles. The Hall–Kier alpha value is -1.16. The molecule has 0 aliphatic carbocycles. The van der Waals surface area contributed by atoms with Gasteiger partial charge in [0.15, 0.2) is 5.13 Å². The third-order valence-electron chi connectivity index (χ3n) is 1.90. The van der Waals surface area contributed by atoms with Crippen LogP contribution in [0.15, 0.2) is 18.2 Å². The van der Waals surface area contributed by atoms with Gasteiger partial charge in [-0.15, -0.1) is 0 Å². The van der Waals surface area contributed by atoms with E-state index < -0.39 is 0 Å². The zero-order valence-electron chi connectivity index (χ0n) is 7.88. The Labute approximate surface area is 85.8 Å². The van der Waals surface area contributed by atoms with Gasteiger partial charge in [-0.3, -0.25) is 0 Å². The number of hydrogen-bond donors (Lipinski definition) is 1. The maximum absolute atomic E-state index is 13.2. The molecule has 2 aromatic rings. The summed E-state index contributed by atoms with van der Waals surface area (Å²) in [4.78, 5) is 4.18. The Morgan fingerprint density at radius 1 is 1.50 bits per heavy atom. The van der Waals surface area contributed by atoms with Gasteiger partial charge >= 0.3 is 0 Å². The Morgan fingerprint density at radius 3 is 3.07 bits per heavy atom. The summed E-state index contributed by atoms with van der Waals surface area (Å²) in [6.07, 6.45) is 1.04. The lowest BCUT2D eigenvalue weighted by molar-refractivity contribution is 0.637. The highest BCUT2D eigenvalue weighted by Crippen LogP contribution is 2.27. The monoisotopic (exact) mass is 210 g/mol. The molecule has 0 fully saturated rings. The number of nitrogens with zero attached hydrogens (tertiary/aromatic N) is 1. The number of rotatable bonds is 3. The van der Waals surface area contributed by atoms with Gasteiger partial charge in [-0.25, -0.2) is 9.37 Å².